The fraction of sp³-hybridized carbons (Fsp3) is 0.462. The number of nitrogens with zero attached hydrogens (tertiary/aromatic N) is 1. The Morgan fingerprint density at radius 1 is 1.61 bits per heavy atom. The van der Waals surface area contributed by atoms with E-state index >= 15 is 0 Å². The Bertz CT molecular complexity index is 455. The second-order valence-corrected chi connectivity index (χ2v) is 6.14. The van der Waals surface area contributed by atoms with Crippen LogP contribution in [0, 0.1) is 5.82 Å². The average Bonchev–Trinajstić information content (AvgIpc) is 2.77. The van der Waals surface area contributed by atoms with E-state index in [1.807, 2.05) is 11.8 Å². The molecule has 1 aliphatic rings. The molecule has 1 fully saturated rings. The zero-order chi connectivity index (χ0) is 13.1. The summed E-state index contributed by atoms with van der Waals surface area (Å²) in [4.78, 5) is 13.9. The number of benzene rings is 1. The highest BCUT2D eigenvalue weighted by Gasteiger charge is 2.24. The molecule has 1 aromatic carbocycles. The van der Waals surface area contributed by atoms with E-state index in [1.165, 1.54) is 6.07 Å². The molecule has 1 saturated heterocycles. The summed E-state index contributed by atoms with van der Waals surface area (Å²) in [6.45, 7) is 2.87. The Labute approximate surface area is 115 Å². The van der Waals surface area contributed by atoms with Gasteiger partial charge in [0.25, 0.3) is 0 Å². The number of rotatable bonds is 3. The molecular formula is C13H15ClFNOS. The van der Waals surface area contributed by atoms with Crippen molar-refractivity contribution in [3.63, 3.8) is 0 Å². The second kappa shape index (κ2) is 5.93. The van der Waals surface area contributed by atoms with E-state index in [4.69, 9.17) is 11.6 Å². The Kier molecular flexibility index (Phi) is 4.51. The van der Waals surface area contributed by atoms with Gasteiger partial charge in [0.05, 0.1) is 10.4 Å². The second-order valence-electron chi connectivity index (χ2n) is 4.31. The smallest absolute Gasteiger partial charge is 0.223 e. The van der Waals surface area contributed by atoms with Crippen molar-refractivity contribution in [2.24, 2.45) is 0 Å². The molecule has 2 rings (SSSR count). The van der Waals surface area contributed by atoms with E-state index in [-0.39, 0.29) is 16.3 Å². The van der Waals surface area contributed by atoms with Crippen LogP contribution in [0.25, 0.3) is 0 Å². The molecule has 0 saturated carbocycles. The molecule has 1 aliphatic heterocycles. The van der Waals surface area contributed by atoms with Crippen molar-refractivity contribution in [3.05, 3.63) is 34.6 Å². The number of halogens is 2. The quantitative estimate of drug-likeness (QED) is 0.850. The van der Waals surface area contributed by atoms with Gasteiger partial charge in [0, 0.05) is 18.7 Å². The Morgan fingerprint density at radius 3 is 3.00 bits per heavy atom. The maximum Gasteiger partial charge on any atom is 0.223 e. The number of thioether (sulfide) groups is 1. The van der Waals surface area contributed by atoms with Crippen LogP contribution in [0.3, 0.4) is 0 Å². The molecule has 1 heterocycles. The maximum atomic E-state index is 13.0. The van der Waals surface area contributed by atoms with Gasteiger partial charge in [-0.15, -0.1) is 11.8 Å². The van der Waals surface area contributed by atoms with Crippen molar-refractivity contribution >= 4 is 29.3 Å². The third-order valence-electron chi connectivity index (χ3n) is 3.06. The summed E-state index contributed by atoms with van der Waals surface area (Å²) >= 11 is 7.50. The van der Waals surface area contributed by atoms with Crippen LogP contribution in [0.1, 0.15) is 18.9 Å². The topological polar surface area (TPSA) is 20.3 Å². The predicted molar refractivity (Wildman–Crippen MR) is 73.4 cm³/mol. The summed E-state index contributed by atoms with van der Waals surface area (Å²) in [5, 5.41) is 0.388. The fourth-order valence-electron chi connectivity index (χ4n) is 2.01. The molecule has 0 aromatic heterocycles. The van der Waals surface area contributed by atoms with Crippen LogP contribution in [0.5, 0.6) is 0 Å². The Morgan fingerprint density at radius 2 is 2.39 bits per heavy atom. The molecule has 1 aromatic rings. The van der Waals surface area contributed by atoms with Crippen molar-refractivity contribution in [3.8, 4) is 0 Å². The molecule has 0 N–H and O–H groups in total. The van der Waals surface area contributed by atoms with Crippen LogP contribution >= 0.6 is 23.4 Å². The Balaban J connectivity index is 1.91. The summed E-state index contributed by atoms with van der Waals surface area (Å²) < 4.78 is 13.0. The monoisotopic (exact) mass is 287 g/mol. The first-order chi connectivity index (χ1) is 8.58. The third kappa shape index (κ3) is 3.18. The van der Waals surface area contributed by atoms with E-state index in [1.54, 1.807) is 23.9 Å². The van der Waals surface area contributed by atoms with Gasteiger partial charge >= 0.3 is 0 Å². The number of hydrogen-bond acceptors (Lipinski definition) is 2. The minimum absolute atomic E-state index is 0.116. The molecular weight excluding hydrogens is 273 g/mol. The lowest BCUT2D eigenvalue weighted by molar-refractivity contribution is -0.130. The minimum Gasteiger partial charge on any atom is -0.330 e. The standard InChI is InChI=1S/C13H15ClFNOS/c1-9-16(6-7-18-9)13(17)5-3-10-2-4-12(15)11(14)8-10/h2,4,8-9H,3,5-7H2,1H3. The van der Waals surface area contributed by atoms with Crippen LogP contribution < -0.4 is 0 Å². The number of aryl methyl sites for hydroxylation is 1. The lowest BCUT2D eigenvalue weighted by Crippen LogP contribution is -2.33. The number of carbonyl (C=O) groups excluding carboxylic acids is 1. The normalized spacial score (nSPS) is 19.3. The molecule has 98 valence electrons. The first kappa shape index (κ1) is 13.7. The van der Waals surface area contributed by atoms with Gasteiger partial charge in [0.15, 0.2) is 0 Å². The zero-order valence-corrected chi connectivity index (χ0v) is 11.7. The van der Waals surface area contributed by atoms with Gasteiger partial charge < -0.3 is 4.90 Å². The Hall–Kier alpha value is -0.740. The van der Waals surface area contributed by atoms with Crippen LogP contribution in [0.2, 0.25) is 5.02 Å². The highest BCUT2D eigenvalue weighted by Crippen LogP contribution is 2.24. The molecule has 5 heteroatoms. The first-order valence-electron chi connectivity index (χ1n) is 5.93. The van der Waals surface area contributed by atoms with Gasteiger partial charge in [-0.05, 0) is 31.0 Å². The number of carbonyl (C=O) groups is 1. The van der Waals surface area contributed by atoms with E-state index in [9.17, 15) is 9.18 Å². The van der Waals surface area contributed by atoms with E-state index in [2.05, 4.69) is 0 Å². The fourth-order valence-corrected chi connectivity index (χ4v) is 3.26. The van der Waals surface area contributed by atoms with Gasteiger partial charge in [0.2, 0.25) is 5.91 Å². The van der Waals surface area contributed by atoms with E-state index in [0.717, 1.165) is 17.9 Å². The van der Waals surface area contributed by atoms with Crippen molar-refractivity contribution in [1.82, 2.24) is 4.90 Å². The van der Waals surface area contributed by atoms with Crippen molar-refractivity contribution in [2.75, 3.05) is 12.3 Å². The molecule has 2 nitrogen and oxygen atoms in total. The van der Waals surface area contributed by atoms with Gasteiger partial charge in [-0.2, -0.15) is 0 Å². The molecule has 18 heavy (non-hydrogen) atoms. The largest absolute Gasteiger partial charge is 0.330 e. The van der Waals surface area contributed by atoms with E-state index in [0.29, 0.717) is 12.8 Å². The first-order valence-corrected chi connectivity index (χ1v) is 7.35. The zero-order valence-electron chi connectivity index (χ0n) is 10.2. The minimum atomic E-state index is -0.420. The molecule has 0 spiro atoms. The van der Waals surface area contributed by atoms with Crippen molar-refractivity contribution in [1.29, 1.82) is 0 Å². The van der Waals surface area contributed by atoms with Gasteiger partial charge in [0.1, 0.15) is 5.82 Å². The molecule has 1 amide bonds. The van der Waals surface area contributed by atoms with Gasteiger partial charge in [-0.3, -0.25) is 4.79 Å². The van der Waals surface area contributed by atoms with Crippen molar-refractivity contribution in [2.45, 2.75) is 25.1 Å². The van der Waals surface area contributed by atoms with E-state index < -0.39 is 5.82 Å². The van der Waals surface area contributed by atoms with Crippen LogP contribution in [0.4, 0.5) is 4.39 Å². The lowest BCUT2D eigenvalue weighted by Gasteiger charge is -2.20. The van der Waals surface area contributed by atoms with Crippen molar-refractivity contribution < 1.29 is 9.18 Å². The predicted octanol–water partition coefficient (Wildman–Crippen LogP) is 3.33. The van der Waals surface area contributed by atoms with Gasteiger partial charge in [-0.25, -0.2) is 4.39 Å². The molecule has 0 aliphatic carbocycles. The third-order valence-corrected chi connectivity index (χ3v) is 4.51. The van der Waals surface area contributed by atoms with Crippen LogP contribution in [0.15, 0.2) is 18.2 Å². The summed E-state index contributed by atoms with van der Waals surface area (Å²) in [5.74, 6) is 0.749. The van der Waals surface area contributed by atoms with Gasteiger partial charge in [-0.1, -0.05) is 17.7 Å². The SMILES string of the molecule is CC1SCCN1C(=O)CCc1ccc(F)c(Cl)c1. The van der Waals surface area contributed by atoms with Crippen LogP contribution in [-0.2, 0) is 11.2 Å². The molecule has 1 atom stereocenters. The number of hydrogen-bond donors (Lipinski definition) is 0. The average molecular weight is 288 g/mol. The highest BCUT2D eigenvalue weighted by atomic mass is 35.5. The molecule has 0 bridgehead atoms. The summed E-state index contributed by atoms with van der Waals surface area (Å²) in [6, 6.07) is 4.61. The number of amides is 1. The highest BCUT2D eigenvalue weighted by molar-refractivity contribution is 8.00. The van der Waals surface area contributed by atoms with Crippen LogP contribution in [-0.4, -0.2) is 28.5 Å². The maximum absolute atomic E-state index is 13.0. The molecule has 0 radical (unpaired) electrons. The lowest BCUT2D eigenvalue weighted by atomic mass is 10.1. The summed E-state index contributed by atoms with van der Waals surface area (Å²) in [7, 11) is 0. The summed E-state index contributed by atoms with van der Waals surface area (Å²) in [5.41, 5.74) is 0.897. The summed E-state index contributed by atoms with van der Waals surface area (Å²) in [6.07, 6.45) is 1.06. The molecule has 1 unspecified atom stereocenters.